The summed E-state index contributed by atoms with van der Waals surface area (Å²) < 4.78 is 31.7. The van der Waals surface area contributed by atoms with Crippen LogP contribution in [0.1, 0.15) is 17.7 Å². The number of aryl methyl sites for hydroxylation is 1. The van der Waals surface area contributed by atoms with E-state index in [-0.39, 0.29) is 23.6 Å². The molecule has 0 fully saturated rings. The van der Waals surface area contributed by atoms with Crippen LogP contribution >= 0.6 is 11.6 Å². The molecule has 0 saturated carbocycles. The molecule has 2 rings (SSSR count). The lowest BCUT2D eigenvalue weighted by atomic mass is 9.97. The van der Waals surface area contributed by atoms with E-state index in [1.807, 2.05) is 0 Å². The highest BCUT2D eigenvalue weighted by molar-refractivity contribution is 6.30. The van der Waals surface area contributed by atoms with Gasteiger partial charge in [-0.3, -0.25) is 4.79 Å². The molecular weight excluding hydrogens is 312 g/mol. The summed E-state index contributed by atoms with van der Waals surface area (Å²) in [6.07, 6.45) is 0.349. The molecule has 0 aliphatic carbocycles. The van der Waals surface area contributed by atoms with Gasteiger partial charge in [0.05, 0.1) is 7.11 Å². The zero-order valence-electron chi connectivity index (χ0n) is 12.1. The number of aromatic nitrogens is 1. The van der Waals surface area contributed by atoms with Crippen LogP contribution in [0.2, 0.25) is 5.15 Å². The molecular formula is C16H14ClF2NO2. The number of halogens is 3. The molecule has 3 nitrogen and oxygen atoms in total. The second kappa shape index (κ2) is 6.83. The molecule has 0 aliphatic rings. The Morgan fingerprint density at radius 1 is 1.27 bits per heavy atom. The Labute approximate surface area is 131 Å². The van der Waals surface area contributed by atoms with E-state index in [0.717, 1.165) is 6.07 Å². The highest BCUT2D eigenvalue weighted by Gasteiger charge is 2.16. The SMILES string of the molecule is COC(=O)CCc1c(-c2ccc(F)cc2F)cc(C)nc1Cl. The van der Waals surface area contributed by atoms with Gasteiger partial charge in [0.25, 0.3) is 0 Å². The van der Waals surface area contributed by atoms with Crippen molar-refractivity contribution in [3.8, 4) is 11.1 Å². The zero-order chi connectivity index (χ0) is 16.3. The fourth-order valence-electron chi connectivity index (χ4n) is 2.18. The van der Waals surface area contributed by atoms with E-state index in [1.165, 1.54) is 19.2 Å². The minimum atomic E-state index is -0.694. The number of pyridine rings is 1. The molecule has 116 valence electrons. The van der Waals surface area contributed by atoms with E-state index < -0.39 is 17.6 Å². The Morgan fingerprint density at radius 3 is 2.64 bits per heavy atom. The summed E-state index contributed by atoms with van der Waals surface area (Å²) in [5.41, 5.74) is 1.85. The van der Waals surface area contributed by atoms with E-state index >= 15 is 0 Å². The van der Waals surface area contributed by atoms with Crippen molar-refractivity contribution in [2.24, 2.45) is 0 Å². The monoisotopic (exact) mass is 325 g/mol. The summed E-state index contributed by atoms with van der Waals surface area (Å²) in [5, 5.41) is 0.197. The number of benzene rings is 1. The molecule has 0 unspecified atom stereocenters. The summed E-state index contributed by atoms with van der Waals surface area (Å²) in [6.45, 7) is 1.72. The van der Waals surface area contributed by atoms with Crippen molar-refractivity contribution in [3.05, 3.63) is 52.3 Å². The maximum atomic E-state index is 14.0. The van der Waals surface area contributed by atoms with Gasteiger partial charge in [0.1, 0.15) is 16.8 Å². The van der Waals surface area contributed by atoms with E-state index in [0.29, 0.717) is 16.8 Å². The van der Waals surface area contributed by atoms with Gasteiger partial charge in [0, 0.05) is 23.7 Å². The number of esters is 1. The third-order valence-corrected chi connectivity index (χ3v) is 3.54. The normalized spacial score (nSPS) is 10.6. The molecule has 0 atom stereocenters. The Hall–Kier alpha value is -2.01. The lowest BCUT2D eigenvalue weighted by molar-refractivity contribution is -0.140. The van der Waals surface area contributed by atoms with Crippen molar-refractivity contribution in [3.63, 3.8) is 0 Å². The average molecular weight is 326 g/mol. The van der Waals surface area contributed by atoms with Crippen molar-refractivity contribution in [1.29, 1.82) is 0 Å². The van der Waals surface area contributed by atoms with Gasteiger partial charge in [-0.15, -0.1) is 0 Å². The maximum Gasteiger partial charge on any atom is 0.305 e. The topological polar surface area (TPSA) is 39.2 Å². The summed E-state index contributed by atoms with van der Waals surface area (Å²) in [6, 6.07) is 4.99. The molecule has 2 aromatic rings. The number of methoxy groups -OCH3 is 1. The third-order valence-electron chi connectivity index (χ3n) is 3.23. The molecule has 0 amide bonds. The number of carbonyl (C=O) groups excluding carboxylic acids is 1. The number of nitrogens with zero attached hydrogens (tertiary/aromatic N) is 1. The fourth-order valence-corrected chi connectivity index (χ4v) is 2.51. The molecule has 6 heteroatoms. The summed E-state index contributed by atoms with van der Waals surface area (Å²) >= 11 is 6.14. The quantitative estimate of drug-likeness (QED) is 0.627. The Morgan fingerprint density at radius 2 is 2.00 bits per heavy atom. The van der Waals surface area contributed by atoms with Crippen molar-refractivity contribution < 1.29 is 18.3 Å². The highest BCUT2D eigenvalue weighted by atomic mass is 35.5. The largest absolute Gasteiger partial charge is 0.469 e. The molecule has 22 heavy (non-hydrogen) atoms. The molecule has 1 heterocycles. The Balaban J connectivity index is 2.51. The second-order valence-electron chi connectivity index (χ2n) is 4.78. The first-order chi connectivity index (χ1) is 10.4. The zero-order valence-corrected chi connectivity index (χ0v) is 12.9. The lowest BCUT2D eigenvalue weighted by Gasteiger charge is -2.13. The van der Waals surface area contributed by atoms with Crippen LogP contribution < -0.4 is 0 Å². The molecule has 0 radical (unpaired) electrons. The van der Waals surface area contributed by atoms with Gasteiger partial charge < -0.3 is 4.74 Å². The number of hydrogen-bond acceptors (Lipinski definition) is 3. The van der Waals surface area contributed by atoms with E-state index in [1.54, 1.807) is 13.0 Å². The van der Waals surface area contributed by atoms with Gasteiger partial charge in [0.2, 0.25) is 0 Å². The van der Waals surface area contributed by atoms with Crippen molar-refractivity contribution in [2.45, 2.75) is 19.8 Å². The number of rotatable bonds is 4. The van der Waals surface area contributed by atoms with Gasteiger partial charge in [-0.1, -0.05) is 11.6 Å². The maximum absolute atomic E-state index is 14.0. The molecule has 0 saturated heterocycles. The minimum absolute atomic E-state index is 0.0940. The smallest absolute Gasteiger partial charge is 0.305 e. The van der Waals surface area contributed by atoms with Crippen LogP contribution in [0, 0.1) is 18.6 Å². The predicted octanol–water partition coefficient (Wildman–Crippen LogP) is 4.09. The van der Waals surface area contributed by atoms with Crippen LogP contribution in [0.3, 0.4) is 0 Å². The van der Waals surface area contributed by atoms with Crippen LogP contribution in [0.4, 0.5) is 8.78 Å². The number of carbonyl (C=O) groups is 1. The first-order valence-electron chi connectivity index (χ1n) is 6.60. The first-order valence-corrected chi connectivity index (χ1v) is 6.98. The summed E-state index contributed by atoms with van der Waals surface area (Å²) in [4.78, 5) is 15.4. The fraction of sp³-hybridized carbons (Fsp3) is 0.250. The van der Waals surface area contributed by atoms with Crippen LogP contribution in [-0.4, -0.2) is 18.1 Å². The third kappa shape index (κ3) is 3.60. The van der Waals surface area contributed by atoms with E-state index in [2.05, 4.69) is 9.72 Å². The van der Waals surface area contributed by atoms with E-state index in [4.69, 9.17) is 11.6 Å². The summed E-state index contributed by atoms with van der Waals surface area (Å²) in [7, 11) is 1.29. The van der Waals surface area contributed by atoms with Crippen molar-refractivity contribution in [1.82, 2.24) is 4.98 Å². The highest BCUT2D eigenvalue weighted by Crippen LogP contribution is 2.32. The standard InChI is InChI=1S/C16H14ClF2NO2/c1-9-7-13(11-4-3-10(18)8-14(11)19)12(16(17)20-9)5-6-15(21)22-2/h3-4,7-8H,5-6H2,1-2H3. The summed E-state index contributed by atoms with van der Waals surface area (Å²) in [5.74, 6) is -1.75. The minimum Gasteiger partial charge on any atom is -0.469 e. The van der Waals surface area contributed by atoms with E-state index in [9.17, 15) is 13.6 Å². The van der Waals surface area contributed by atoms with Crippen molar-refractivity contribution >= 4 is 17.6 Å². The second-order valence-corrected chi connectivity index (χ2v) is 5.14. The molecule has 0 bridgehead atoms. The van der Waals surface area contributed by atoms with Crippen LogP contribution in [0.25, 0.3) is 11.1 Å². The van der Waals surface area contributed by atoms with Crippen LogP contribution in [-0.2, 0) is 16.0 Å². The number of hydrogen-bond donors (Lipinski definition) is 0. The van der Waals surface area contributed by atoms with Crippen LogP contribution in [0.15, 0.2) is 24.3 Å². The average Bonchev–Trinajstić information content (AvgIpc) is 2.45. The van der Waals surface area contributed by atoms with Gasteiger partial charge in [-0.05, 0) is 42.7 Å². The van der Waals surface area contributed by atoms with Gasteiger partial charge in [-0.2, -0.15) is 0 Å². The van der Waals surface area contributed by atoms with Gasteiger partial charge in [-0.25, -0.2) is 13.8 Å². The Kier molecular flexibility index (Phi) is 5.08. The molecule has 1 aromatic heterocycles. The molecule has 0 N–H and O–H groups in total. The number of ether oxygens (including phenoxy) is 1. The first kappa shape index (κ1) is 16.4. The van der Waals surface area contributed by atoms with Crippen molar-refractivity contribution in [2.75, 3.05) is 7.11 Å². The molecule has 0 spiro atoms. The van der Waals surface area contributed by atoms with Gasteiger partial charge >= 0.3 is 5.97 Å². The lowest BCUT2D eigenvalue weighted by Crippen LogP contribution is -2.05. The molecule has 1 aromatic carbocycles. The predicted molar refractivity (Wildman–Crippen MR) is 79.7 cm³/mol. The molecule has 0 aliphatic heterocycles. The Bertz CT molecular complexity index is 720. The van der Waals surface area contributed by atoms with Crippen LogP contribution in [0.5, 0.6) is 0 Å². The van der Waals surface area contributed by atoms with Gasteiger partial charge in [0.15, 0.2) is 0 Å².